The van der Waals surface area contributed by atoms with Gasteiger partial charge in [0.05, 0.1) is 10.8 Å². The lowest BCUT2D eigenvalue weighted by molar-refractivity contribution is -0.154. The fraction of sp³-hybridized carbons (Fsp3) is 0.920. The number of esters is 1. The molecule has 1 N–H and O–H groups in total. The number of carbonyl (C=O) groups excluding carboxylic acids is 1. The van der Waals surface area contributed by atoms with Crippen molar-refractivity contribution in [1.82, 2.24) is 4.90 Å². The van der Waals surface area contributed by atoms with Crippen molar-refractivity contribution in [1.29, 1.82) is 0 Å². The topological polar surface area (TPSA) is 66.8 Å². The van der Waals surface area contributed by atoms with Crippen LogP contribution in [0.5, 0.6) is 0 Å². The highest BCUT2D eigenvalue weighted by Crippen LogP contribution is 2.21. The fourth-order valence-corrected chi connectivity index (χ4v) is 0.812. The summed E-state index contributed by atoms with van der Waals surface area (Å²) < 4.78 is 5.13. The molecule has 0 bridgehead atoms. The zero-order chi connectivity index (χ0) is 24.5. The molecule has 2 radical (unpaired) electrons. The van der Waals surface area contributed by atoms with E-state index in [0.717, 1.165) is 13.0 Å². The van der Waals surface area contributed by atoms with Crippen LogP contribution in [-0.2, 0) is 14.3 Å². The second kappa shape index (κ2) is 28.4. The number of likely N-dealkylation sites (N-methyl/N-ethyl adjacent to an activating group) is 1. The molecule has 33 heavy (non-hydrogen) atoms. The third-order valence-electron chi connectivity index (χ3n) is 3.67. The number of ether oxygens (including phenoxy) is 1. The Morgan fingerprint density at radius 1 is 0.879 bits per heavy atom. The maximum atomic E-state index is 11.4. The Morgan fingerprint density at radius 3 is 1.30 bits per heavy atom. The lowest BCUT2D eigenvalue weighted by Gasteiger charge is -2.20. The highest BCUT2D eigenvalue weighted by molar-refractivity contribution is 14.2. The van der Waals surface area contributed by atoms with E-state index in [0.29, 0.717) is 24.5 Å². The van der Waals surface area contributed by atoms with Gasteiger partial charge in [-0.05, 0) is 60.0 Å². The normalized spacial score (nSPS) is 10.1. The van der Waals surface area contributed by atoms with Crippen molar-refractivity contribution < 1.29 is 19.4 Å². The van der Waals surface area contributed by atoms with Gasteiger partial charge in [-0.2, -0.15) is 0 Å². The van der Waals surface area contributed by atoms with Crippen LogP contribution in [0.25, 0.3) is 0 Å². The average molecular weight is 609 g/mol. The molecule has 0 saturated carbocycles. The summed E-state index contributed by atoms with van der Waals surface area (Å²) in [5.41, 5.74) is -0.383. The third kappa shape index (κ3) is 50.1. The van der Waals surface area contributed by atoms with Crippen LogP contribution in [0.15, 0.2) is 0 Å². The van der Waals surface area contributed by atoms with Crippen molar-refractivity contribution in [2.45, 2.75) is 112 Å². The molecule has 0 aromatic rings. The van der Waals surface area contributed by atoms with Gasteiger partial charge < -0.3 is 14.7 Å². The molecule has 0 rings (SSSR count). The zero-order valence-electron chi connectivity index (χ0n) is 20.9. The van der Waals surface area contributed by atoms with Crippen molar-refractivity contribution in [3.63, 3.8) is 0 Å². The summed E-state index contributed by atoms with van der Waals surface area (Å²) in [6.45, 7) is 21.1. The third-order valence-corrected chi connectivity index (χ3v) is 3.67. The number of rotatable bonds is 7. The summed E-state index contributed by atoms with van der Waals surface area (Å²) in [7, 11) is 8.78. The second-order valence-corrected chi connectivity index (χ2v) is 11.9. The van der Waals surface area contributed by atoms with E-state index < -0.39 is 11.4 Å². The first-order valence-electron chi connectivity index (χ1n) is 9.93. The predicted octanol–water partition coefficient (Wildman–Crippen LogP) is 8.73. The Hall–Kier alpha value is 0.125. The SMILES string of the molecule is C.C.C.C.CC(C)(C)C.CCC(C)(C)C(=O)O.CCC(C)(C)C(=O)OCCN(C)C.[B]PI. The summed E-state index contributed by atoms with van der Waals surface area (Å²) in [6.07, 6.45) is 2.05. The van der Waals surface area contributed by atoms with Gasteiger partial charge in [-0.25, -0.2) is 0 Å². The van der Waals surface area contributed by atoms with Crippen LogP contribution in [0.1, 0.15) is 112 Å². The van der Waals surface area contributed by atoms with Gasteiger partial charge in [-0.3, -0.25) is 9.59 Å². The molecular weight excluding hydrogens is 547 g/mol. The Kier molecular flexibility index (Phi) is 46.5. The lowest BCUT2D eigenvalue weighted by atomic mass is 9.91. The van der Waals surface area contributed by atoms with Crippen LogP contribution in [0.4, 0.5) is 0 Å². The smallest absolute Gasteiger partial charge is 0.311 e. The maximum absolute atomic E-state index is 11.4. The van der Waals surface area contributed by atoms with Crippen LogP contribution in [0.2, 0.25) is 0 Å². The van der Waals surface area contributed by atoms with Crippen LogP contribution in [0, 0.1) is 16.2 Å². The Morgan fingerprint density at radius 2 is 1.15 bits per heavy atom. The van der Waals surface area contributed by atoms with Crippen molar-refractivity contribution in [2.75, 3.05) is 27.2 Å². The van der Waals surface area contributed by atoms with Gasteiger partial charge in [0, 0.05) is 6.54 Å². The maximum Gasteiger partial charge on any atom is 0.311 e. The minimum atomic E-state index is -0.722. The second-order valence-electron chi connectivity index (χ2n) is 9.83. The van der Waals surface area contributed by atoms with Crippen molar-refractivity contribution in [2.24, 2.45) is 16.2 Å². The number of aliphatic carboxylic acids is 1. The van der Waals surface area contributed by atoms with E-state index in [2.05, 4.69) is 49.7 Å². The fourth-order valence-electron chi connectivity index (χ4n) is 0.812. The first-order chi connectivity index (χ1) is 12.8. The number of halogens is 1. The Balaban J connectivity index is -0.0000000454. The number of carbonyl (C=O) groups is 2. The van der Waals surface area contributed by atoms with Gasteiger partial charge >= 0.3 is 11.9 Å². The standard InChI is InChI=1S/C10H21NO2.C6H12O2.C5H12.4CH4.BHIP/c1-6-10(2,3)9(12)13-8-7-11(4)5;1-4-6(2,3)5(7)8;1-5(2,3)4;;;;;1-3-2/h6-8H2,1-5H3;4H2,1-3H3,(H,7,8);1-4H3;4*1H4;3H. The summed E-state index contributed by atoms with van der Waals surface area (Å²) in [5.74, 6) is -0.822. The average Bonchev–Trinajstić information content (AvgIpc) is 2.54. The summed E-state index contributed by atoms with van der Waals surface area (Å²) in [6, 6.07) is 0. The number of nitrogens with zero attached hydrogens (tertiary/aromatic N) is 1. The molecule has 0 spiro atoms. The highest BCUT2D eigenvalue weighted by Gasteiger charge is 2.26. The van der Waals surface area contributed by atoms with Crippen molar-refractivity contribution in [3.05, 3.63) is 0 Å². The van der Waals surface area contributed by atoms with Gasteiger partial charge in [-0.15, -0.1) is 6.10 Å². The number of carboxylic acids is 1. The highest BCUT2D eigenvalue weighted by atomic mass is 127. The molecule has 0 aliphatic heterocycles. The molecule has 0 heterocycles. The minimum Gasteiger partial charge on any atom is -0.481 e. The number of carboxylic acid groups (broad SMARTS) is 1. The van der Waals surface area contributed by atoms with Crippen molar-refractivity contribution >= 4 is 47.6 Å². The van der Waals surface area contributed by atoms with E-state index in [1.807, 2.05) is 46.7 Å². The van der Waals surface area contributed by atoms with Crippen LogP contribution in [-0.4, -0.2) is 56.8 Å². The molecule has 0 aromatic carbocycles. The zero-order valence-corrected chi connectivity index (χ0v) is 24.1. The molecular formula is C25H62BINO4P. The first-order valence-corrected chi connectivity index (χ1v) is 14.1. The molecule has 8 heteroatoms. The summed E-state index contributed by atoms with van der Waals surface area (Å²) >= 11 is 2.09. The van der Waals surface area contributed by atoms with E-state index in [1.54, 1.807) is 13.8 Å². The van der Waals surface area contributed by atoms with Gasteiger partial charge in [0.15, 0.2) is 0 Å². The van der Waals surface area contributed by atoms with Crippen molar-refractivity contribution in [3.8, 4) is 0 Å². The molecule has 1 atom stereocenters. The Bertz CT molecular complexity index is 421. The lowest BCUT2D eigenvalue weighted by Crippen LogP contribution is -2.28. The van der Waals surface area contributed by atoms with Gasteiger partial charge in [0.2, 0.25) is 0 Å². The van der Waals surface area contributed by atoms with Crippen LogP contribution < -0.4 is 0 Å². The van der Waals surface area contributed by atoms with Crippen LogP contribution in [0.3, 0.4) is 0 Å². The molecule has 0 fully saturated rings. The van der Waals surface area contributed by atoms with E-state index in [-0.39, 0.29) is 41.1 Å². The minimum absolute atomic E-state index is 0. The van der Waals surface area contributed by atoms with E-state index >= 15 is 0 Å². The van der Waals surface area contributed by atoms with Gasteiger partial charge in [0.1, 0.15) is 14.2 Å². The summed E-state index contributed by atoms with van der Waals surface area (Å²) in [4.78, 5) is 23.7. The molecule has 0 saturated heterocycles. The van der Waals surface area contributed by atoms with Crippen LogP contribution >= 0.6 is 28.1 Å². The molecule has 0 aromatic heterocycles. The van der Waals surface area contributed by atoms with Gasteiger partial charge in [-0.1, -0.05) is 93.3 Å². The summed E-state index contributed by atoms with van der Waals surface area (Å²) in [5, 5.41) is 8.44. The largest absolute Gasteiger partial charge is 0.481 e. The molecule has 1 unspecified atom stereocenters. The first kappa shape index (κ1) is 54.2. The number of hydrogen-bond donors (Lipinski definition) is 1. The van der Waals surface area contributed by atoms with E-state index in [1.165, 1.54) is 0 Å². The molecule has 5 nitrogen and oxygen atoms in total. The number of hydrogen-bond acceptors (Lipinski definition) is 4. The molecule has 206 valence electrons. The predicted molar refractivity (Wildman–Crippen MR) is 165 cm³/mol. The molecule has 0 amide bonds. The molecule has 0 aliphatic rings. The Labute approximate surface area is 226 Å². The van der Waals surface area contributed by atoms with E-state index in [4.69, 9.17) is 17.4 Å². The quantitative estimate of drug-likeness (QED) is 0.135. The molecule has 0 aliphatic carbocycles. The van der Waals surface area contributed by atoms with E-state index in [9.17, 15) is 9.59 Å². The van der Waals surface area contributed by atoms with Gasteiger partial charge in [0.25, 0.3) is 0 Å². The monoisotopic (exact) mass is 609 g/mol.